The van der Waals surface area contributed by atoms with Crippen LogP contribution < -0.4 is 56.5 Å². The van der Waals surface area contributed by atoms with Crippen molar-refractivity contribution in [2.24, 2.45) is 0 Å². The molecule has 0 rings (SSSR count). The van der Waals surface area contributed by atoms with Gasteiger partial charge in [-0.3, -0.25) is 0 Å². The van der Waals surface area contributed by atoms with Crippen LogP contribution in [0.2, 0.25) is 0 Å². The number of rotatable bonds is 3. The van der Waals surface area contributed by atoms with Crippen molar-refractivity contribution in [2.75, 3.05) is 18.5 Å². The summed E-state index contributed by atoms with van der Waals surface area (Å²) in [5, 5.41) is 8.89. The summed E-state index contributed by atoms with van der Waals surface area (Å²) in [6, 6.07) is 0. The minimum Gasteiger partial charge on any atom is -0.550 e. The molecule has 0 radical (unpaired) electrons. The Kier molecular flexibility index (Phi) is 24.0. The zero-order valence-corrected chi connectivity index (χ0v) is 12.9. The Hall–Kier alpha value is 1.54. The predicted molar refractivity (Wildman–Crippen MR) is 49.2 cm³/mol. The summed E-state index contributed by atoms with van der Waals surface area (Å²) in [6.07, 6.45) is 4.26. The molecule has 0 atom stereocenters. The number of carbonyl (C=O) groups excluding carboxylic acids is 1. The van der Waals surface area contributed by atoms with Gasteiger partial charge in [0.25, 0.3) is 0 Å². The summed E-state index contributed by atoms with van der Waals surface area (Å²) in [6.45, 7) is 7.84. The van der Waals surface area contributed by atoms with Gasteiger partial charge < -0.3 is 9.90 Å². The smallest absolute Gasteiger partial charge is 0.550 e. The molecule has 4 heteroatoms. The summed E-state index contributed by atoms with van der Waals surface area (Å²) in [5.41, 5.74) is 0. The molecule has 0 heterocycles. The first-order valence-corrected chi connectivity index (χ1v) is 5.88. The van der Waals surface area contributed by atoms with Gasteiger partial charge in [-0.2, -0.15) is 0 Å². The number of aliphatic carboxylic acids is 1. The number of carboxylic acids is 1. The topological polar surface area (TPSA) is 40.1 Å². The second kappa shape index (κ2) is 15.0. The first kappa shape index (κ1) is 19.2. The summed E-state index contributed by atoms with van der Waals surface area (Å²) < 4.78 is 0. The van der Waals surface area contributed by atoms with Gasteiger partial charge in [-0.25, -0.2) is 0 Å². The maximum atomic E-state index is 8.89. The van der Waals surface area contributed by atoms with Crippen molar-refractivity contribution in [2.45, 2.75) is 27.7 Å². The molecule has 0 bridgehead atoms. The molecular formula is C8H18KO2P. The second-order valence-electron chi connectivity index (χ2n) is 2.11. The van der Waals surface area contributed by atoms with Gasteiger partial charge in [-0.15, -0.1) is 7.92 Å². The molecule has 2 nitrogen and oxygen atoms in total. The van der Waals surface area contributed by atoms with Gasteiger partial charge in [-0.05, 0) is 25.4 Å². The molecule has 0 aromatic rings. The molecule has 68 valence electrons. The van der Waals surface area contributed by atoms with E-state index in [0.29, 0.717) is 7.92 Å². The van der Waals surface area contributed by atoms with E-state index in [2.05, 4.69) is 20.8 Å². The van der Waals surface area contributed by atoms with Crippen molar-refractivity contribution < 1.29 is 61.3 Å². The minimum atomic E-state index is -1.08. The van der Waals surface area contributed by atoms with E-state index < -0.39 is 5.97 Å². The first-order valence-electron chi connectivity index (χ1n) is 3.98. The van der Waals surface area contributed by atoms with Crippen molar-refractivity contribution in [3.8, 4) is 0 Å². The molecule has 0 fully saturated rings. The van der Waals surface area contributed by atoms with Crippen LogP contribution in [0.1, 0.15) is 27.7 Å². The van der Waals surface area contributed by atoms with E-state index in [-0.39, 0.29) is 51.4 Å². The fraction of sp³-hybridized carbons (Fsp3) is 0.875. The Morgan fingerprint density at radius 3 is 1.33 bits per heavy atom. The van der Waals surface area contributed by atoms with Crippen LogP contribution in [-0.4, -0.2) is 24.5 Å². The third-order valence-corrected chi connectivity index (χ3v) is 4.02. The van der Waals surface area contributed by atoms with E-state index in [4.69, 9.17) is 9.90 Å². The van der Waals surface area contributed by atoms with Crippen LogP contribution >= 0.6 is 7.92 Å². The Balaban J connectivity index is -0.000000142. The van der Waals surface area contributed by atoms with E-state index in [1.807, 2.05) is 0 Å². The van der Waals surface area contributed by atoms with E-state index in [0.717, 1.165) is 6.92 Å². The van der Waals surface area contributed by atoms with Gasteiger partial charge in [0.1, 0.15) is 0 Å². The Labute approximate surface area is 120 Å². The molecule has 0 aliphatic heterocycles. The maximum absolute atomic E-state index is 8.89. The quantitative estimate of drug-likeness (QED) is 0.416. The van der Waals surface area contributed by atoms with Crippen LogP contribution in [0, 0.1) is 0 Å². The van der Waals surface area contributed by atoms with Crippen molar-refractivity contribution in [1.82, 2.24) is 0 Å². The van der Waals surface area contributed by atoms with Gasteiger partial charge >= 0.3 is 51.4 Å². The molecule has 0 spiro atoms. The number of carboxylic acid groups (broad SMARTS) is 1. The fourth-order valence-corrected chi connectivity index (χ4v) is 2.01. The Bertz CT molecular complexity index is 85.5. The molecule has 0 amide bonds. The predicted octanol–water partition coefficient (Wildman–Crippen LogP) is -1.71. The van der Waals surface area contributed by atoms with E-state index in [1.165, 1.54) is 18.5 Å². The zero-order chi connectivity index (χ0) is 9.28. The van der Waals surface area contributed by atoms with Gasteiger partial charge in [-0.1, -0.05) is 20.8 Å². The van der Waals surface area contributed by atoms with Crippen molar-refractivity contribution in [3.63, 3.8) is 0 Å². The van der Waals surface area contributed by atoms with E-state index in [9.17, 15) is 0 Å². The minimum absolute atomic E-state index is 0. The van der Waals surface area contributed by atoms with Crippen LogP contribution in [0.3, 0.4) is 0 Å². The summed E-state index contributed by atoms with van der Waals surface area (Å²) in [5.74, 6) is -1.08. The second-order valence-corrected chi connectivity index (χ2v) is 5.35. The Morgan fingerprint density at radius 2 is 1.33 bits per heavy atom. The molecule has 0 unspecified atom stereocenters. The van der Waals surface area contributed by atoms with Gasteiger partial charge in [0.15, 0.2) is 0 Å². The number of carbonyl (C=O) groups is 1. The van der Waals surface area contributed by atoms with Crippen LogP contribution in [0.15, 0.2) is 0 Å². The van der Waals surface area contributed by atoms with E-state index >= 15 is 0 Å². The summed E-state index contributed by atoms with van der Waals surface area (Å²) in [7, 11) is 0.446. The van der Waals surface area contributed by atoms with Crippen LogP contribution in [0.4, 0.5) is 0 Å². The van der Waals surface area contributed by atoms with Crippen LogP contribution in [0.5, 0.6) is 0 Å². The maximum Gasteiger partial charge on any atom is 1.00 e. The molecule has 0 aromatic carbocycles. The molecule has 0 aliphatic rings. The first-order chi connectivity index (χ1) is 5.08. The molecule has 0 saturated carbocycles. The SMILES string of the molecule is CC(=O)[O-].CCP(CC)CC.[K+]. The van der Waals surface area contributed by atoms with Crippen molar-refractivity contribution in [1.29, 1.82) is 0 Å². The van der Waals surface area contributed by atoms with Gasteiger partial charge in [0.2, 0.25) is 0 Å². The van der Waals surface area contributed by atoms with Gasteiger partial charge in [0.05, 0.1) is 0 Å². The molecule has 0 saturated heterocycles. The average Bonchev–Trinajstić information content (AvgIpc) is 1.90. The average molecular weight is 216 g/mol. The molecule has 0 aromatic heterocycles. The van der Waals surface area contributed by atoms with Crippen molar-refractivity contribution in [3.05, 3.63) is 0 Å². The summed E-state index contributed by atoms with van der Waals surface area (Å²) >= 11 is 0. The summed E-state index contributed by atoms with van der Waals surface area (Å²) in [4.78, 5) is 8.89. The van der Waals surface area contributed by atoms with Crippen molar-refractivity contribution >= 4 is 13.9 Å². The standard InChI is InChI=1S/C6H15P.C2H4O2.K/c1-4-7(5-2)6-3;1-2(3)4;/h4-6H2,1-3H3;1H3,(H,3,4);/q;;+1/p-1. The van der Waals surface area contributed by atoms with Crippen LogP contribution in [-0.2, 0) is 4.79 Å². The molecule has 12 heavy (non-hydrogen) atoms. The van der Waals surface area contributed by atoms with Gasteiger partial charge in [0, 0.05) is 5.97 Å². The third-order valence-electron chi connectivity index (χ3n) is 1.34. The number of hydrogen-bond acceptors (Lipinski definition) is 2. The molecular weight excluding hydrogens is 198 g/mol. The van der Waals surface area contributed by atoms with Crippen LogP contribution in [0.25, 0.3) is 0 Å². The third kappa shape index (κ3) is 22.5. The largest absolute Gasteiger partial charge is 1.00 e. The zero-order valence-electron chi connectivity index (χ0n) is 8.89. The fourth-order valence-electron chi connectivity index (χ4n) is 0.671. The molecule has 0 aliphatic carbocycles. The van der Waals surface area contributed by atoms with E-state index in [1.54, 1.807) is 0 Å². The monoisotopic (exact) mass is 216 g/mol. The number of hydrogen-bond donors (Lipinski definition) is 0. The normalized spacial score (nSPS) is 8.08. The Morgan fingerprint density at radius 1 is 1.17 bits per heavy atom. The molecule has 0 N–H and O–H groups in total.